The van der Waals surface area contributed by atoms with Crippen LogP contribution in [0.3, 0.4) is 0 Å². The zero-order valence-corrected chi connectivity index (χ0v) is 11.2. The van der Waals surface area contributed by atoms with Crippen LogP contribution in [0.5, 0.6) is 11.5 Å². The molecule has 3 nitrogen and oxygen atoms in total. The highest BCUT2D eigenvalue weighted by Gasteiger charge is 2.07. The fraction of sp³-hybridized carbons (Fsp3) is 0.286. The molecule has 1 aromatic carbocycles. The first-order chi connectivity index (χ1) is 8.81. The molecule has 2 aromatic rings. The maximum absolute atomic E-state index is 10.0. The van der Waals surface area contributed by atoms with Crippen molar-refractivity contribution in [2.45, 2.75) is 20.0 Å². The minimum absolute atomic E-state index is 0.233. The minimum Gasteiger partial charge on any atom is -0.504 e. The van der Waals surface area contributed by atoms with E-state index in [0.29, 0.717) is 18.9 Å². The lowest BCUT2D eigenvalue weighted by Gasteiger charge is -2.10. The number of aromatic hydroxyl groups is 1. The van der Waals surface area contributed by atoms with Gasteiger partial charge in [-0.2, -0.15) is 11.3 Å². The van der Waals surface area contributed by atoms with Gasteiger partial charge < -0.3 is 15.2 Å². The highest BCUT2D eigenvalue weighted by molar-refractivity contribution is 7.07. The van der Waals surface area contributed by atoms with Gasteiger partial charge in [-0.3, -0.25) is 0 Å². The number of ether oxygens (including phenoxy) is 1. The Morgan fingerprint density at radius 2 is 2.17 bits per heavy atom. The summed E-state index contributed by atoms with van der Waals surface area (Å²) in [6.45, 7) is 3.89. The average Bonchev–Trinajstić information content (AvgIpc) is 2.87. The Bertz CT molecular complexity index is 483. The largest absolute Gasteiger partial charge is 0.504 e. The molecule has 18 heavy (non-hydrogen) atoms. The van der Waals surface area contributed by atoms with Crippen LogP contribution < -0.4 is 10.1 Å². The third kappa shape index (κ3) is 3.24. The van der Waals surface area contributed by atoms with E-state index in [-0.39, 0.29) is 5.75 Å². The molecule has 1 aromatic heterocycles. The first-order valence-corrected chi connectivity index (χ1v) is 6.91. The van der Waals surface area contributed by atoms with Crippen molar-refractivity contribution < 1.29 is 9.84 Å². The number of benzene rings is 1. The maximum atomic E-state index is 10.0. The van der Waals surface area contributed by atoms with E-state index in [0.717, 1.165) is 12.1 Å². The first kappa shape index (κ1) is 12.9. The molecule has 0 bridgehead atoms. The molecule has 0 aliphatic rings. The standard InChI is InChI=1S/C14H17NO2S/c1-2-17-13-5-3-4-12(14(13)16)9-15-8-11-6-7-18-10-11/h3-7,10,15-16H,2,8-9H2,1H3. The van der Waals surface area contributed by atoms with Crippen molar-refractivity contribution in [1.29, 1.82) is 0 Å². The smallest absolute Gasteiger partial charge is 0.162 e. The second-order valence-corrected chi connectivity index (χ2v) is 4.71. The molecule has 0 fully saturated rings. The van der Waals surface area contributed by atoms with Gasteiger partial charge in [0.15, 0.2) is 11.5 Å². The molecule has 0 amide bonds. The Labute approximate surface area is 111 Å². The van der Waals surface area contributed by atoms with Gasteiger partial charge in [-0.15, -0.1) is 0 Å². The lowest BCUT2D eigenvalue weighted by atomic mass is 10.2. The average molecular weight is 263 g/mol. The number of phenols is 1. The number of para-hydroxylation sites is 1. The Balaban J connectivity index is 1.94. The zero-order valence-electron chi connectivity index (χ0n) is 10.3. The molecule has 0 atom stereocenters. The van der Waals surface area contributed by atoms with Crippen LogP contribution in [0.1, 0.15) is 18.1 Å². The highest BCUT2D eigenvalue weighted by atomic mass is 32.1. The fourth-order valence-electron chi connectivity index (χ4n) is 1.72. The van der Waals surface area contributed by atoms with Crippen LogP contribution in [0.4, 0.5) is 0 Å². The zero-order chi connectivity index (χ0) is 12.8. The fourth-order valence-corrected chi connectivity index (χ4v) is 2.39. The summed E-state index contributed by atoms with van der Waals surface area (Å²) >= 11 is 1.69. The van der Waals surface area contributed by atoms with E-state index in [1.54, 1.807) is 17.4 Å². The summed E-state index contributed by atoms with van der Waals surface area (Å²) in [5.41, 5.74) is 2.12. The molecular weight excluding hydrogens is 246 g/mol. The molecule has 0 unspecified atom stereocenters. The number of thiophene rings is 1. The highest BCUT2D eigenvalue weighted by Crippen LogP contribution is 2.29. The molecular formula is C14H17NO2S. The van der Waals surface area contributed by atoms with E-state index in [4.69, 9.17) is 4.74 Å². The molecule has 0 aliphatic carbocycles. The second-order valence-electron chi connectivity index (χ2n) is 3.93. The monoisotopic (exact) mass is 263 g/mol. The van der Waals surface area contributed by atoms with Crippen molar-refractivity contribution >= 4 is 11.3 Å². The van der Waals surface area contributed by atoms with Gasteiger partial charge in [-0.1, -0.05) is 12.1 Å². The molecule has 0 saturated carbocycles. The summed E-state index contributed by atoms with van der Waals surface area (Å²) in [7, 11) is 0. The summed E-state index contributed by atoms with van der Waals surface area (Å²) < 4.78 is 5.35. The number of hydrogen-bond donors (Lipinski definition) is 2. The Morgan fingerprint density at radius 3 is 2.89 bits per heavy atom. The predicted octanol–water partition coefficient (Wildman–Crippen LogP) is 3.14. The molecule has 96 valence electrons. The number of rotatable bonds is 6. The Kier molecular flexibility index (Phi) is 4.61. The lowest BCUT2D eigenvalue weighted by Crippen LogP contribution is -2.12. The van der Waals surface area contributed by atoms with E-state index in [9.17, 15) is 5.11 Å². The van der Waals surface area contributed by atoms with Crippen LogP contribution in [0, 0.1) is 0 Å². The predicted molar refractivity (Wildman–Crippen MR) is 74.1 cm³/mol. The van der Waals surface area contributed by atoms with Crippen LogP contribution in [0.25, 0.3) is 0 Å². The number of phenolic OH excluding ortho intramolecular Hbond substituents is 1. The summed E-state index contributed by atoms with van der Waals surface area (Å²) in [6.07, 6.45) is 0. The maximum Gasteiger partial charge on any atom is 0.162 e. The van der Waals surface area contributed by atoms with Crippen molar-refractivity contribution in [2.24, 2.45) is 0 Å². The van der Waals surface area contributed by atoms with E-state index >= 15 is 0 Å². The summed E-state index contributed by atoms with van der Waals surface area (Å²) in [5.74, 6) is 0.782. The van der Waals surface area contributed by atoms with Crippen molar-refractivity contribution in [2.75, 3.05) is 6.61 Å². The van der Waals surface area contributed by atoms with Crippen LogP contribution in [-0.2, 0) is 13.1 Å². The summed E-state index contributed by atoms with van der Waals surface area (Å²) in [4.78, 5) is 0. The summed E-state index contributed by atoms with van der Waals surface area (Å²) in [6, 6.07) is 7.67. The van der Waals surface area contributed by atoms with Gasteiger partial charge in [0.05, 0.1) is 6.61 Å². The molecule has 0 aliphatic heterocycles. The third-order valence-corrected chi connectivity index (χ3v) is 3.34. The van der Waals surface area contributed by atoms with E-state index < -0.39 is 0 Å². The van der Waals surface area contributed by atoms with E-state index in [1.165, 1.54) is 5.56 Å². The molecule has 0 radical (unpaired) electrons. The van der Waals surface area contributed by atoms with E-state index in [2.05, 4.69) is 22.1 Å². The van der Waals surface area contributed by atoms with Crippen molar-refractivity contribution in [1.82, 2.24) is 5.32 Å². The Morgan fingerprint density at radius 1 is 1.28 bits per heavy atom. The van der Waals surface area contributed by atoms with Crippen LogP contribution >= 0.6 is 11.3 Å². The van der Waals surface area contributed by atoms with Gasteiger partial charge in [-0.05, 0) is 35.4 Å². The third-order valence-electron chi connectivity index (χ3n) is 2.61. The van der Waals surface area contributed by atoms with Crippen molar-refractivity contribution in [3.63, 3.8) is 0 Å². The van der Waals surface area contributed by atoms with Gasteiger partial charge in [0.2, 0.25) is 0 Å². The minimum atomic E-state index is 0.233. The molecule has 0 spiro atoms. The van der Waals surface area contributed by atoms with Crippen molar-refractivity contribution in [3.05, 3.63) is 46.2 Å². The van der Waals surface area contributed by atoms with Gasteiger partial charge >= 0.3 is 0 Å². The molecule has 1 heterocycles. The number of hydrogen-bond acceptors (Lipinski definition) is 4. The second kappa shape index (κ2) is 6.42. The SMILES string of the molecule is CCOc1cccc(CNCc2ccsc2)c1O. The quantitative estimate of drug-likeness (QED) is 0.841. The molecule has 4 heteroatoms. The lowest BCUT2D eigenvalue weighted by molar-refractivity contribution is 0.316. The van der Waals surface area contributed by atoms with Crippen LogP contribution in [-0.4, -0.2) is 11.7 Å². The van der Waals surface area contributed by atoms with Gasteiger partial charge in [0.25, 0.3) is 0 Å². The van der Waals surface area contributed by atoms with Crippen LogP contribution in [0.2, 0.25) is 0 Å². The van der Waals surface area contributed by atoms with Gasteiger partial charge in [0.1, 0.15) is 0 Å². The van der Waals surface area contributed by atoms with Gasteiger partial charge in [-0.25, -0.2) is 0 Å². The molecule has 2 N–H and O–H groups in total. The molecule has 0 saturated heterocycles. The molecule has 2 rings (SSSR count). The first-order valence-electron chi connectivity index (χ1n) is 5.96. The van der Waals surface area contributed by atoms with Crippen LogP contribution in [0.15, 0.2) is 35.0 Å². The van der Waals surface area contributed by atoms with Gasteiger partial charge in [0, 0.05) is 18.7 Å². The number of nitrogens with one attached hydrogen (secondary N) is 1. The Hall–Kier alpha value is -1.52. The normalized spacial score (nSPS) is 10.5. The topological polar surface area (TPSA) is 41.5 Å². The van der Waals surface area contributed by atoms with Crippen molar-refractivity contribution in [3.8, 4) is 11.5 Å². The summed E-state index contributed by atoms with van der Waals surface area (Å²) in [5, 5.41) is 17.5. The van der Waals surface area contributed by atoms with E-state index in [1.807, 2.05) is 19.1 Å².